The van der Waals surface area contributed by atoms with E-state index >= 15 is 0 Å². The molecule has 0 unspecified atom stereocenters. The van der Waals surface area contributed by atoms with E-state index in [9.17, 15) is 8.78 Å². The standard InChI is InChI=1S/2C13H9ClFN3/c1-8-6-12-16-11(7-18(12)17-13(8)14)9-2-4-10(15)5-3-9;1-8-6-12(14)17-18-7-11(16-13(8)18)9-2-4-10(15)5-3-9/h2*2-7H,1H3. The summed E-state index contributed by atoms with van der Waals surface area (Å²) in [5.41, 5.74) is 6.46. The van der Waals surface area contributed by atoms with E-state index in [-0.39, 0.29) is 11.6 Å². The van der Waals surface area contributed by atoms with E-state index in [0.717, 1.165) is 44.9 Å². The molecule has 36 heavy (non-hydrogen) atoms. The van der Waals surface area contributed by atoms with Gasteiger partial charge in [0.05, 0.1) is 23.8 Å². The normalized spacial score (nSPS) is 11.1. The predicted molar refractivity (Wildman–Crippen MR) is 136 cm³/mol. The van der Waals surface area contributed by atoms with Crippen LogP contribution in [0.3, 0.4) is 0 Å². The summed E-state index contributed by atoms with van der Waals surface area (Å²) in [7, 11) is 0. The second-order valence-electron chi connectivity index (χ2n) is 8.11. The van der Waals surface area contributed by atoms with E-state index in [1.165, 1.54) is 24.3 Å². The molecule has 0 fully saturated rings. The highest BCUT2D eigenvalue weighted by molar-refractivity contribution is 6.30. The molecule has 0 aliphatic heterocycles. The zero-order chi connectivity index (χ0) is 25.4. The third kappa shape index (κ3) is 4.91. The minimum Gasteiger partial charge on any atom is -0.227 e. The number of hydrogen-bond donors (Lipinski definition) is 0. The molecule has 0 amide bonds. The van der Waals surface area contributed by atoms with Crippen LogP contribution in [0.25, 0.3) is 33.8 Å². The number of imidazole rings is 2. The zero-order valence-corrected chi connectivity index (χ0v) is 20.6. The average Bonchev–Trinajstić information content (AvgIpc) is 3.45. The number of nitrogens with zero attached hydrogens (tertiary/aromatic N) is 6. The number of aryl methyl sites for hydroxylation is 2. The third-order valence-electron chi connectivity index (χ3n) is 5.44. The average molecular weight is 523 g/mol. The van der Waals surface area contributed by atoms with E-state index in [0.29, 0.717) is 10.3 Å². The SMILES string of the molecule is Cc1cc(Cl)nn2cc(-c3ccc(F)cc3)nc12.Cc1cc2nc(-c3ccc(F)cc3)cn2nc1Cl. The minimum atomic E-state index is -0.264. The van der Waals surface area contributed by atoms with Crippen LogP contribution in [0, 0.1) is 25.5 Å². The molecule has 0 saturated heterocycles. The van der Waals surface area contributed by atoms with Gasteiger partial charge in [0.2, 0.25) is 0 Å². The van der Waals surface area contributed by atoms with Crippen LogP contribution >= 0.6 is 23.2 Å². The summed E-state index contributed by atoms with van der Waals surface area (Å²) in [5, 5.41) is 9.20. The van der Waals surface area contributed by atoms with E-state index in [2.05, 4.69) is 20.2 Å². The lowest BCUT2D eigenvalue weighted by Crippen LogP contribution is -1.92. The van der Waals surface area contributed by atoms with Crippen molar-refractivity contribution in [2.75, 3.05) is 0 Å². The van der Waals surface area contributed by atoms with Crippen LogP contribution in [0.2, 0.25) is 10.3 Å². The van der Waals surface area contributed by atoms with Crippen LogP contribution in [0.5, 0.6) is 0 Å². The number of fused-ring (bicyclic) bond motifs is 2. The van der Waals surface area contributed by atoms with Crippen molar-refractivity contribution in [2.24, 2.45) is 0 Å². The summed E-state index contributed by atoms with van der Waals surface area (Å²) in [6, 6.07) is 16.0. The maximum Gasteiger partial charge on any atom is 0.157 e. The van der Waals surface area contributed by atoms with Crippen LogP contribution in [0.4, 0.5) is 8.78 Å². The Morgan fingerprint density at radius 3 is 1.83 bits per heavy atom. The van der Waals surface area contributed by atoms with Crippen LogP contribution in [0.1, 0.15) is 11.1 Å². The highest BCUT2D eigenvalue weighted by Crippen LogP contribution is 2.22. The Hall–Kier alpha value is -3.88. The molecule has 10 heteroatoms. The van der Waals surface area contributed by atoms with Crippen LogP contribution < -0.4 is 0 Å². The molecular weight excluding hydrogens is 505 g/mol. The first-order chi connectivity index (χ1) is 17.3. The molecule has 4 aromatic heterocycles. The molecular formula is C26H18Cl2F2N6. The van der Waals surface area contributed by atoms with Gasteiger partial charge in [-0.2, -0.15) is 10.2 Å². The van der Waals surface area contributed by atoms with Crippen molar-refractivity contribution in [3.8, 4) is 22.5 Å². The van der Waals surface area contributed by atoms with Crippen molar-refractivity contribution in [3.63, 3.8) is 0 Å². The Morgan fingerprint density at radius 1 is 0.667 bits per heavy atom. The Balaban J connectivity index is 0.000000148. The van der Waals surface area contributed by atoms with E-state index in [4.69, 9.17) is 23.2 Å². The molecule has 0 radical (unpaired) electrons. The molecule has 6 nitrogen and oxygen atoms in total. The zero-order valence-electron chi connectivity index (χ0n) is 19.1. The Bertz CT molecular complexity index is 1650. The van der Waals surface area contributed by atoms with Gasteiger partial charge in [-0.15, -0.1) is 0 Å². The topological polar surface area (TPSA) is 60.4 Å². The third-order valence-corrected chi connectivity index (χ3v) is 6.00. The number of benzene rings is 2. The van der Waals surface area contributed by atoms with Gasteiger partial charge in [-0.25, -0.2) is 27.8 Å². The summed E-state index contributed by atoms with van der Waals surface area (Å²) < 4.78 is 29.0. The number of hydrogen-bond acceptors (Lipinski definition) is 4. The molecule has 0 aliphatic rings. The number of halogens is 4. The molecule has 180 valence electrons. The van der Waals surface area contributed by atoms with Gasteiger partial charge in [0, 0.05) is 11.1 Å². The van der Waals surface area contributed by atoms with Crippen molar-refractivity contribution in [1.29, 1.82) is 0 Å². The first-order valence-corrected chi connectivity index (χ1v) is 11.6. The van der Waals surface area contributed by atoms with Crippen molar-refractivity contribution >= 4 is 34.5 Å². The van der Waals surface area contributed by atoms with Crippen molar-refractivity contribution in [2.45, 2.75) is 13.8 Å². The molecule has 0 saturated carbocycles. The molecule has 0 bridgehead atoms. The van der Waals surface area contributed by atoms with Gasteiger partial charge in [-0.1, -0.05) is 23.2 Å². The van der Waals surface area contributed by atoms with Crippen molar-refractivity contribution in [1.82, 2.24) is 29.2 Å². The second kappa shape index (κ2) is 9.64. The van der Waals surface area contributed by atoms with Gasteiger partial charge in [0.25, 0.3) is 0 Å². The molecule has 0 aliphatic carbocycles. The van der Waals surface area contributed by atoms with Gasteiger partial charge >= 0.3 is 0 Å². The maximum absolute atomic E-state index is 12.9. The Kier molecular flexibility index (Phi) is 6.38. The van der Waals surface area contributed by atoms with Crippen LogP contribution in [-0.4, -0.2) is 29.2 Å². The number of rotatable bonds is 2. The largest absolute Gasteiger partial charge is 0.227 e. The smallest absolute Gasteiger partial charge is 0.157 e. The molecule has 6 rings (SSSR count). The molecule has 2 aromatic carbocycles. The summed E-state index contributed by atoms with van der Waals surface area (Å²) in [6.45, 7) is 3.80. The van der Waals surface area contributed by atoms with Gasteiger partial charge in [0.1, 0.15) is 16.8 Å². The quantitative estimate of drug-likeness (QED) is 0.245. The van der Waals surface area contributed by atoms with Crippen LogP contribution in [-0.2, 0) is 0 Å². The van der Waals surface area contributed by atoms with Crippen LogP contribution in [0.15, 0.2) is 73.1 Å². The second-order valence-corrected chi connectivity index (χ2v) is 8.85. The monoisotopic (exact) mass is 522 g/mol. The lowest BCUT2D eigenvalue weighted by Gasteiger charge is -1.96. The van der Waals surface area contributed by atoms with E-state index in [1.54, 1.807) is 51.8 Å². The molecule has 6 aromatic rings. The minimum absolute atomic E-state index is 0.264. The fraction of sp³-hybridized carbons (Fsp3) is 0.0769. The lowest BCUT2D eigenvalue weighted by molar-refractivity contribution is 0.627. The van der Waals surface area contributed by atoms with Crippen molar-refractivity contribution < 1.29 is 8.78 Å². The van der Waals surface area contributed by atoms with Gasteiger partial charge in [-0.05, 0) is 85.6 Å². The van der Waals surface area contributed by atoms with Gasteiger partial charge in [-0.3, -0.25) is 0 Å². The maximum atomic E-state index is 12.9. The van der Waals surface area contributed by atoms with E-state index < -0.39 is 0 Å². The van der Waals surface area contributed by atoms with E-state index in [1.807, 2.05) is 19.9 Å². The Morgan fingerprint density at radius 2 is 1.22 bits per heavy atom. The summed E-state index contributed by atoms with van der Waals surface area (Å²) >= 11 is 11.8. The summed E-state index contributed by atoms with van der Waals surface area (Å²) in [5.74, 6) is -0.528. The molecule has 4 heterocycles. The predicted octanol–water partition coefficient (Wildman–Crippen LogP) is 6.99. The summed E-state index contributed by atoms with van der Waals surface area (Å²) in [4.78, 5) is 8.91. The van der Waals surface area contributed by atoms with Gasteiger partial charge in [0.15, 0.2) is 16.4 Å². The fourth-order valence-electron chi connectivity index (χ4n) is 3.60. The summed E-state index contributed by atoms with van der Waals surface area (Å²) in [6.07, 6.45) is 3.55. The highest BCUT2D eigenvalue weighted by atomic mass is 35.5. The number of aromatic nitrogens is 6. The highest BCUT2D eigenvalue weighted by Gasteiger charge is 2.09. The first kappa shape index (κ1) is 23.8. The van der Waals surface area contributed by atoms with Gasteiger partial charge < -0.3 is 0 Å². The molecule has 0 atom stereocenters. The molecule has 0 spiro atoms. The fourth-order valence-corrected chi connectivity index (χ4v) is 3.98. The first-order valence-electron chi connectivity index (χ1n) is 10.8. The lowest BCUT2D eigenvalue weighted by atomic mass is 10.2. The molecule has 0 N–H and O–H groups in total. The van der Waals surface area contributed by atoms with Crippen molar-refractivity contribution in [3.05, 3.63) is 106 Å². The Labute approximate surface area is 214 Å².